The first-order valence-corrected chi connectivity index (χ1v) is 8.50. The molecule has 0 aliphatic rings. The van der Waals surface area contributed by atoms with Gasteiger partial charge in [0.05, 0.1) is 6.04 Å². The Hall–Kier alpha value is -2.02. The van der Waals surface area contributed by atoms with Crippen molar-refractivity contribution in [2.75, 3.05) is 5.32 Å². The molecule has 0 amide bonds. The van der Waals surface area contributed by atoms with Gasteiger partial charge in [0.25, 0.3) is 0 Å². The van der Waals surface area contributed by atoms with Crippen molar-refractivity contribution in [1.29, 1.82) is 0 Å². The average molecular weight is 309 g/mol. The number of benzene rings is 1. The molecule has 0 radical (unpaired) electrons. The molecule has 1 nitrogen and oxygen atoms in total. The Kier molecular flexibility index (Phi) is 4.40. The molecule has 3 heteroatoms. The maximum Gasteiger partial charge on any atom is 0.0654 e. The van der Waals surface area contributed by atoms with Crippen molar-refractivity contribution in [2.24, 2.45) is 0 Å². The van der Waals surface area contributed by atoms with Gasteiger partial charge < -0.3 is 5.32 Å². The van der Waals surface area contributed by atoms with Crippen LogP contribution in [0.5, 0.6) is 0 Å². The van der Waals surface area contributed by atoms with Crippen LogP contribution in [-0.4, -0.2) is 0 Å². The zero-order valence-electron chi connectivity index (χ0n) is 11.5. The normalized spacial score (nSPS) is 11.8. The Labute approximate surface area is 133 Å². The molecule has 0 bridgehead atoms. The molecule has 0 saturated carbocycles. The molecule has 1 atom stereocenters. The Balaban J connectivity index is 1.83. The van der Waals surface area contributed by atoms with Crippen molar-refractivity contribution in [3.8, 4) is 12.3 Å². The summed E-state index contributed by atoms with van der Waals surface area (Å²) >= 11 is 3.58. The van der Waals surface area contributed by atoms with E-state index in [1.165, 1.54) is 9.75 Å². The minimum atomic E-state index is 0.275. The van der Waals surface area contributed by atoms with Gasteiger partial charge in [0, 0.05) is 27.4 Å². The van der Waals surface area contributed by atoms with Gasteiger partial charge in [0.1, 0.15) is 0 Å². The van der Waals surface area contributed by atoms with E-state index in [-0.39, 0.29) is 6.04 Å². The summed E-state index contributed by atoms with van der Waals surface area (Å²) in [6.45, 7) is 0. The summed E-state index contributed by atoms with van der Waals surface area (Å²) in [5.74, 6) is 2.69. The van der Waals surface area contributed by atoms with Crippen molar-refractivity contribution < 1.29 is 0 Å². The molecule has 2 aromatic heterocycles. The maximum absolute atomic E-state index is 5.48. The number of nitrogens with one attached hydrogen (secondary N) is 1. The lowest BCUT2D eigenvalue weighted by atomic mass is 10.1. The van der Waals surface area contributed by atoms with Crippen LogP contribution in [0, 0.1) is 12.3 Å². The third-order valence-corrected chi connectivity index (χ3v) is 5.13. The first-order chi connectivity index (χ1) is 10.3. The van der Waals surface area contributed by atoms with Gasteiger partial charge >= 0.3 is 0 Å². The Bertz CT molecular complexity index is 721. The van der Waals surface area contributed by atoms with Crippen LogP contribution in [0.2, 0.25) is 0 Å². The molecule has 3 rings (SSSR count). The van der Waals surface area contributed by atoms with Crippen LogP contribution >= 0.6 is 22.7 Å². The van der Waals surface area contributed by atoms with Crippen molar-refractivity contribution in [3.05, 3.63) is 74.6 Å². The second kappa shape index (κ2) is 6.62. The van der Waals surface area contributed by atoms with Gasteiger partial charge in [-0.25, -0.2) is 0 Å². The second-order valence-electron chi connectivity index (χ2n) is 4.72. The van der Waals surface area contributed by atoms with Crippen LogP contribution in [0.25, 0.3) is 0 Å². The smallest absolute Gasteiger partial charge is 0.0654 e. The first kappa shape index (κ1) is 13.9. The maximum atomic E-state index is 5.48. The van der Waals surface area contributed by atoms with Crippen LogP contribution in [0.15, 0.2) is 59.3 Å². The monoisotopic (exact) mass is 309 g/mol. The molecule has 3 aromatic rings. The van der Waals surface area contributed by atoms with Crippen LogP contribution in [-0.2, 0) is 6.42 Å². The quantitative estimate of drug-likeness (QED) is 0.640. The summed E-state index contributed by atoms with van der Waals surface area (Å²) in [6.07, 6.45) is 6.46. The summed E-state index contributed by atoms with van der Waals surface area (Å²) in [6, 6.07) is 16.9. The summed E-state index contributed by atoms with van der Waals surface area (Å²) in [7, 11) is 0. The van der Waals surface area contributed by atoms with Crippen molar-refractivity contribution in [2.45, 2.75) is 12.5 Å². The van der Waals surface area contributed by atoms with Gasteiger partial charge in [0.15, 0.2) is 0 Å². The van der Waals surface area contributed by atoms with E-state index in [4.69, 9.17) is 6.42 Å². The molecule has 0 spiro atoms. The van der Waals surface area contributed by atoms with E-state index in [1.54, 1.807) is 22.7 Å². The number of terminal acetylenes is 1. The van der Waals surface area contributed by atoms with Crippen molar-refractivity contribution in [3.63, 3.8) is 0 Å². The Morgan fingerprint density at radius 3 is 2.62 bits per heavy atom. The highest BCUT2D eigenvalue weighted by Crippen LogP contribution is 2.28. The molecule has 2 heterocycles. The predicted octanol–water partition coefficient (Wildman–Crippen LogP) is 5.19. The number of hydrogen-bond acceptors (Lipinski definition) is 3. The van der Waals surface area contributed by atoms with E-state index in [0.717, 1.165) is 17.7 Å². The number of anilines is 1. The largest absolute Gasteiger partial charge is 0.377 e. The van der Waals surface area contributed by atoms with Gasteiger partial charge in [-0.05, 0) is 41.1 Å². The molecule has 1 unspecified atom stereocenters. The van der Waals surface area contributed by atoms with Crippen LogP contribution in [0.3, 0.4) is 0 Å². The number of thiophene rings is 2. The van der Waals surface area contributed by atoms with Crippen LogP contribution in [0.4, 0.5) is 5.69 Å². The zero-order valence-corrected chi connectivity index (χ0v) is 13.1. The van der Waals surface area contributed by atoms with Crippen LogP contribution in [0.1, 0.15) is 21.4 Å². The highest BCUT2D eigenvalue weighted by atomic mass is 32.1. The highest BCUT2D eigenvalue weighted by molar-refractivity contribution is 7.10. The fraction of sp³-hybridized carbons (Fsp3) is 0.111. The summed E-state index contributed by atoms with van der Waals surface area (Å²) in [5, 5.41) is 7.86. The molecule has 0 aliphatic heterocycles. The fourth-order valence-electron chi connectivity index (χ4n) is 2.24. The van der Waals surface area contributed by atoms with E-state index in [0.29, 0.717) is 0 Å². The molecule has 0 aliphatic carbocycles. The standard InChI is InChI=1S/C18H15NS2/c1-2-14-6-3-7-15(12-14)19-17(18-9-5-11-21-18)13-16-8-4-10-20-16/h1,3-12,17,19H,13H2. The first-order valence-electron chi connectivity index (χ1n) is 6.74. The van der Waals surface area contributed by atoms with Crippen molar-refractivity contribution in [1.82, 2.24) is 0 Å². The molecular weight excluding hydrogens is 294 g/mol. The highest BCUT2D eigenvalue weighted by Gasteiger charge is 2.14. The molecule has 104 valence electrons. The third-order valence-electron chi connectivity index (χ3n) is 3.24. The van der Waals surface area contributed by atoms with E-state index in [9.17, 15) is 0 Å². The molecule has 1 aromatic carbocycles. The van der Waals surface area contributed by atoms with Gasteiger partial charge in [-0.15, -0.1) is 29.1 Å². The van der Waals surface area contributed by atoms with E-state index < -0.39 is 0 Å². The number of hydrogen-bond donors (Lipinski definition) is 1. The summed E-state index contributed by atoms with van der Waals surface area (Å²) in [5.41, 5.74) is 1.97. The molecule has 21 heavy (non-hydrogen) atoms. The van der Waals surface area contributed by atoms with Gasteiger partial charge in [-0.3, -0.25) is 0 Å². The molecule has 1 N–H and O–H groups in total. The van der Waals surface area contributed by atoms with Gasteiger partial charge in [-0.1, -0.05) is 24.1 Å². The lowest BCUT2D eigenvalue weighted by molar-refractivity contribution is 0.802. The third kappa shape index (κ3) is 3.55. The molecular formula is C18H15NS2. The second-order valence-corrected chi connectivity index (χ2v) is 6.73. The van der Waals surface area contributed by atoms with Crippen LogP contribution < -0.4 is 5.32 Å². The van der Waals surface area contributed by atoms with Gasteiger partial charge in [-0.2, -0.15) is 0 Å². The van der Waals surface area contributed by atoms with E-state index >= 15 is 0 Å². The topological polar surface area (TPSA) is 12.0 Å². The minimum Gasteiger partial charge on any atom is -0.377 e. The lowest BCUT2D eigenvalue weighted by Gasteiger charge is -2.18. The van der Waals surface area contributed by atoms with Crippen molar-refractivity contribution >= 4 is 28.4 Å². The van der Waals surface area contributed by atoms with Gasteiger partial charge in [0.2, 0.25) is 0 Å². The summed E-state index contributed by atoms with van der Waals surface area (Å²) < 4.78 is 0. The lowest BCUT2D eigenvalue weighted by Crippen LogP contribution is -2.11. The van der Waals surface area contributed by atoms with E-state index in [1.807, 2.05) is 18.2 Å². The predicted molar refractivity (Wildman–Crippen MR) is 93.1 cm³/mol. The number of rotatable bonds is 5. The Morgan fingerprint density at radius 1 is 1.05 bits per heavy atom. The molecule has 0 fully saturated rings. The Morgan fingerprint density at radius 2 is 1.90 bits per heavy atom. The SMILES string of the molecule is C#Cc1cccc(NC(Cc2cccs2)c2cccs2)c1. The van der Waals surface area contributed by atoms with E-state index in [2.05, 4.69) is 52.3 Å². The fourth-order valence-corrected chi connectivity index (χ4v) is 3.77. The zero-order chi connectivity index (χ0) is 14.5. The summed E-state index contributed by atoms with van der Waals surface area (Å²) in [4.78, 5) is 2.73. The molecule has 0 saturated heterocycles. The average Bonchev–Trinajstić information content (AvgIpc) is 3.20. The minimum absolute atomic E-state index is 0.275.